The predicted molar refractivity (Wildman–Crippen MR) is 59.3 cm³/mol. The Morgan fingerprint density at radius 2 is 2.20 bits per heavy atom. The Kier molecular flexibility index (Phi) is 11.7. The molecule has 6 heteroatoms. The van der Waals surface area contributed by atoms with E-state index in [4.69, 9.17) is 19.4 Å². The highest BCUT2D eigenvalue weighted by Crippen LogP contribution is 2.07. The molecule has 2 unspecified atom stereocenters. The van der Waals surface area contributed by atoms with Gasteiger partial charge in [0.25, 0.3) is 0 Å². The average molecular weight is 231 g/mol. The third-order valence-corrected chi connectivity index (χ3v) is 2.48. The van der Waals surface area contributed by atoms with Crippen LogP contribution < -0.4 is 0 Å². The van der Waals surface area contributed by atoms with Crippen molar-refractivity contribution in [1.82, 2.24) is 0 Å². The molecule has 0 heterocycles. The van der Waals surface area contributed by atoms with Crippen LogP contribution in [0.5, 0.6) is 0 Å². The molecule has 0 aliphatic carbocycles. The second kappa shape index (κ2) is 10.8. The summed E-state index contributed by atoms with van der Waals surface area (Å²) >= 11 is 0. The Balaban J connectivity index is 0. The summed E-state index contributed by atoms with van der Waals surface area (Å²) in [5, 5.41) is 5.40. The topological polar surface area (TPSA) is 76.5 Å². The largest absolute Gasteiger partial charge is 0.457 e. The van der Waals surface area contributed by atoms with Gasteiger partial charge in [0, 0.05) is 6.08 Å². The van der Waals surface area contributed by atoms with Crippen molar-refractivity contribution in [2.24, 2.45) is 0 Å². The fraction of sp³-hybridized carbons (Fsp3) is 0.556. The van der Waals surface area contributed by atoms with E-state index >= 15 is 0 Å². The van der Waals surface area contributed by atoms with Crippen molar-refractivity contribution in [2.45, 2.75) is 32.5 Å². The molecule has 0 fully saturated rings. The number of ether oxygens (including phenoxy) is 1. The predicted octanol–water partition coefficient (Wildman–Crippen LogP) is 0.0807. The summed E-state index contributed by atoms with van der Waals surface area (Å²) in [6.07, 6.45) is 2.53. The molecule has 0 radical (unpaired) electrons. The summed E-state index contributed by atoms with van der Waals surface area (Å²) in [5.74, 6) is -0.382. The van der Waals surface area contributed by atoms with Gasteiger partial charge in [-0.25, -0.2) is 15.0 Å². The normalized spacial score (nSPS) is 12.7. The molecule has 1 N–H and O–H groups in total. The molecule has 0 aromatic rings. The lowest BCUT2D eigenvalue weighted by Gasteiger charge is -2.21. The molecule has 0 bridgehead atoms. The molecule has 0 aliphatic heterocycles. The van der Waals surface area contributed by atoms with Gasteiger partial charge in [-0.15, -0.1) is 0 Å². The Morgan fingerprint density at radius 1 is 1.73 bits per heavy atom. The first-order valence-corrected chi connectivity index (χ1v) is 5.28. The summed E-state index contributed by atoms with van der Waals surface area (Å²) in [4.78, 5) is 19.2. The van der Waals surface area contributed by atoms with Gasteiger partial charge in [-0.3, -0.25) is 0 Å². The van der Waals surface area contributed by atoms with Gasteiger partial charge in [-0.1, -0.05) is 13.5 Å². The molecular formula is C9H17NO4Si. The zero-order chi connectivity index (χ0) is 12.3. The Bertz CT molecular complexity index is 226. The van der Waals surface area contributed by atoms with Crippen molar-refractivity contribution in [3.63, 3.8) is 0 Å². The lowest BCUT2D eigenvalue weighted by atomic mass is 10.2. The van der Waals surface area contributed by atoms with Crippen molar-refractivity contribution >= 4 is 22.5 Å². The molecule has 0 saturated heterocycles. The fourth-order valence-corrected chi connectivity index (χ4v) is 1.16. The van der Waals surface area contributed by atoms with Crippen LogP contribution in [0.4, 0.5) is 0 Å². The maximum Gasteiger partial charge on any atom is 0.330 e. The Labute approximate surface area is 92.5 Å². The highest BCUT2D eigenvalue weighted by atomic mass is 28.2. The second-order valence-electron chi connectivity index (χ2n) is 2.63. The minimum absolute atomic E-state index is 0.00873. The number of carbonyl (C=O) groups is 1. The first kappa shape index (κ1) is 16.2. The molecule has 0 saturated carbocycles. The Hall–Kier alpha value is -1.23. The number of nitrogens with one attached hydrogen (secondary N) is 1. The van der Waals surface area contributed by atoms with E-state index < -0.39 is 0 Å². The lowest BCUT2D eigenvalue weighted by molar-refractivity contribution is -0.147. The number of isocyanates is 1. The SMILES string of the molecule is C=CC(=O)OC(CC)C(C)O[SiH3].N=C=O. The smallest absolute Gasteiger partial charge is 0.330 e. The fourth-order valence-electron chi connectivity index (χ4n) is 0.860. The first-order chi connectivity index (χ1) is 7.06. The van der Waals surface area contributed by atoms with Gasteiger partial charge in [0.1, 0.15) is 16.6 Å². The highest BCUT2D eigenvalue weighted by Gasteiger charge is 2.17. The van der Waals surface area contributed by atoms with Crippen LogP contribution in [-0.4, -0.2) is 34.7 Å². The van der Waals surface area contributed by atoms with E-state index in [1.54, 1.807) is 0 Å². The average Bonchev–Trinajstić information content (AvgIpc) is 2.25. The molecule has 0 amide bonds. The quantitative estimate of drug-likeness (QED) is 0.239. The standard InChI is InChI=1S/C8H16O3Si.CHNO/c1-4-7(6(3)11-12)10-8(9)5-2;2-1-3/h5-7H,2,4H2,1,3,12H3;2H. The van der Waals surface area contributed by atoms with Crippen molar-refractivity contribution in [3.8, 4) is 0 Å². The number of hydrogen-bond donors (Lipinski definition) is 1. The number of hydrogen-bond acceptors (Lipinski definition) is 5. The van der Waals surface area contributed by atoms with Crippen LogP contribution in [0.15, 0.2) is 12.7 Å². The third-order valence-electron chi connectivity index (χ3n) is 1.73. The van der Waals surface area contributed by atoms with Gasteiger partial charge >= 0.3 is 5.97 Å². The minimum atomic E-state index is -0.382. The van der Waals surface area contributed by atoms with Crippen LogP contribution in [0.2, 0.25) is 0 Å². The zero-order valence-electron chi connectivity index (χ0n) is 9.28. The molecule has 0 aromatic heterocycles. The van der Waals surface area contributed by atoms with Crippen LogP contribution in [0.25, 0.3) is 0 Å². The molecule has 15 heavy (non-hydrogen) atoms. The summed E-state index contributed by atoms with van der Waals surface area (Å²) in [6, 6.07) is 0. The minimum Gasteiger partial charge on any atom is -0.457 e. The molecule has 0 aromatic carbocycles. The van der Waals surface area contributed by atoms with E-state index in [-0.39, 0.29) is 18.2 Å². The molecule has 86 valence electrons. The highest BCUT2D eigenvalue weighted by molar-refractivity contribution is 5.98. The van der Waals surface area contributed by atoms with Gasteiger partial charge in [-0.05, 0) is 13.3 Å². The third kappa shape index (κ3) is 9.08. The molecular weight excluding hydrogens is 214 g/mol. The molecule has 2 atom stereocenters. The molecule has 5 nitrogen and oxygen atoms in total. The van der Waals surface area contributed by atoms with Gasteiger partial charge in [0.05, 0.1) is 6.10 Å². The number of esters is 1. The van der Waals surface area contributed by atoms with Gasteiger partial charge in [-0.2, -0.15) is 0 Å². The van der Waals surface area contributed by atoms with E-state index in [2.05, 4.69) is 6.58 Å². The number of carbonyl (C=O) groups excluding carboxylic acids is 2. The van der Waals surface area contributed by atoms with Crippen LogP contribution in [0, 0.1) is 5.41 Å². The molecule has 0 rings (SSSR count). The maximum absolute atomic E-state index is 10.8. The lowest BCUT2D eigenvalue weighted by Crippen LogP contribution is -2.29. The summed E-state index contributed by atoms with van der Waals surface area (Å²) in [6.45, 7) is 7.18. The van der Waals surface area contributed by atoms with Gasteiger partial charge in [0.2, 0.25) is 6.08 Å². The Morgan fingerprint density at radius 3 is 2.47 bits per heavy atom. The molecule has 0 aliphatic rings. The summed E-state index contributed by atoms with van der Waals surface area (Å²) in [5.41, 5.74) is 0. The van der Waals surface area contributed by atoms with Gasteiger partial charge in [0.15, 0.2) is 0 Å². The summed E-state index contributed by atoms with van der Waals surface area (Å²) in [7, 11) is 0.660. The number of rotatable bonds is 5. The van der Waals surface area contributed by atoms with Gasteiger partial charge < -0.3 is 9.16 Å². The van der Waals surface area contributed by atoms with Crippen molar-refractivity contribution in [1.29, 1.82) is 5.41 Å². The molecule has 0 spiro atoms. The van der Waals surface area contributed by atoms with Crippen LogP contribution in [0.3, 0.4) is 0 Å². The van der Waals surface area contributed by atoms with E-state index in [1.165, 1.54) is 6.08 Å². The first-order valence-electron chi connectivity index (χ1n) is 4.46. The van der Waals surface area contributed by atoms with E-state index in [0.29, 0.717) is 10.5 Å². The monoisotopic (exact) mass is 231 g/mol. The zero-order valence-corrected chi connectivity index (χ0v) is 11.3. The van der Waals surface area contributed by atoms with Crippen molar-refractivity contribution in [3.05, 3.63) is 12.7 Å². The van der Waals surface area contributed by atoms with Crippen LogP contribution in [0.1, 0.15) is 20.3 Å². The summed E-state index contributed by atoms with van der Waals surface area (Å²) < 4.78 is 10.2. The van der Waals surface area contributed by atoms with E-state index in [9.17, 15) is 4.79 Å². The van der Waals surface area contributed by atoms with E-state index in [0.717, 1.165) is 12.5 Å². The second-order valence-corrected chi connectivity index (χ2v) is 3.10. The van der Waals surface area contributed by atoms with Crippen molar-refractivity contribution in [2.75, 3.05) is 0 Å². The maximum atomic E-state index is 10.8. The van der Waals surface area contributed by atoms with Crippen molar-refractivity contribution < 1.29 is 18.8 Å². The van der Waals surface area contributed by atoms with Crippen LogP contribution in [-0.2, 0) is 18.8 Å². The van der Waals surface area contributed by atoms with E-state index in [1.807, 2.05) is 13.8 Å². The van der Waals surface area contributed by atoms with Crippen LogP contribution >= 0.6 is 0 Å².